The van der Waals surface area contributed by atoms with Crippen molar-refractivity contribution in [2.75, 3.05) is 19.6 Å². The second-order valence-electron chi connectivity index (χ2n) is 6.97. The zero-order chi connectivity index (χ0) is 17.9. The summed E-state index contributed by atoms with van der Waals surface area (Å²) in [6.07, 6.45) is 4.90. The molecule has 2 aliphatic rings. The Morgan fingerprint density at radius 3 is 3.12 bits per heavy atom. The molecule has 0 radical (unpaired) electrons. The van der Waals surface area contributed by atoms with Gasteiger partial charge in [0.15, 0.2) is 11.4 Å². The second-order valence-corrected chi connectivity index (χ2v) is 6.97. The molecule has 2 aromatic heterocycles. The van der Waals surface area contributed by atoms with E-state index >= 15 is 0 Å². The van der Waals surface area contributed by atoms with Crippen molar-refractivity contribution in [2.45, 2.75) is 38.9 Å². The zero-order valence-electron chi connectivity index (χ0n) is 14.6. The third-order valence-corrected chi connectivity index (χ3v) is 5.02. The number of nitrogens with one attached hydrogen (secondary N) is 1. The first-order chi connectivity index (χ1) is 12.7. The van der Waals surface area contributed by atoms with E-state index in [4.69, 9.17) is 5.26 Å². The molecule has 9 heteroatoms. The van der Waals surface area contributed by atoms with Crippen LogP contribution in [0.4, 0.5) is 0 Å². The fourth-order valence-corrected chi connectivity index (χ4v) is 3.68. The number of carbonyl (C=O) groups is 1. The lowest BCUT2D eigenvalue weighted by atomic mass is 10.00. The summed E-state index contributed by atoms with van der Waals surface area (Å²) in [7, 11) is 0. The minimum absolute atomic E-state index is 0.119. The van der Waals surface area contributed by atoms with E-state index < -0.39 is 0 Å². The summed E-state index contributed by atoms with van der Waals surface area (Å²) in [4.78, 5) is 14.6. The second kappa shape index (κ2) is 7.25. The van der Waals surface area contributed by atoms with Crippen LogP contribution in [0.3, 0.4) is 0 Å². The lowest BCUT2D eigenvalue weighted by Crippen LogP contribution is -2.32. The van der Waals surface area contributed by atoms with Gasteiger partial charge in [0.25, 0.3) is 5.91 Å². The standard InChI is InChI=1S/C17H22N8O/c18-8-14-7-15-11-23(5-2-6-25(15)21-14)17(26)16-12-24(22-20-16)10-13-3-1-4-19-9-13/h7,12-13,19H,1-6,9-11H2/t13-/m1/s1. The van der Waals surface area contributed by atoms with E-state index in [0.717, 1.165) is 31.7 Å². The third kappa shape index (κ3) is 3.46. The minimum Gasteiger partial charge on any atom is -0.331 e. The summed E-state index contributed by atoms with van der Waals surface area (Å²) in [6, 6.07) is 3.80. The number of carbonyl (C=O) groups excluding carboxylic acids is 1. The molecule has 0 saturated carbocycles. The average molecular weight is 354 g/mol. The fourth-order valence-electron chi connectivity index (χ4n) is 3.68. The molecule has 0 unspecified atom stereocenters. The molecule has 0 spiro atoms. The van der Waals surface area contributed by atoms with E-state index in [1.807, 2.05) is 4.68 Å². The van der Waals surface area contributed by atoms with Gasteiger partial charge in [-0.3, -0.25) is 14.2 Å². The molecule has 1 fully saturated rings. The number of nitriles is 1. The smallest absolute Gasteiger partial charge is 0.276 e. The van der Waals surface area contributed by atoms with Gasteiger partial charge in [-0.05, 0) is 44.3 Å². The van der Waals surface area contributed by atoms with Gasteiger partial charge in [-0.1, -0.05) is 5.21 Å². The summed E-state index contributed by atoms with van der Waals surface area (Å²) in [5.41, 5.74) is 1.65. The van der Waals surface area contributed by atoms with Crippen LogP contribution in [0.2, 0.25) is 0 Å². The normalized spacial score (nSPS) is 20.3. The van der Waals surface area contributed by atoms with Gasteiger partial charge in [-0.25, -0.2) is 0 Å². The maximum atomic E-state index is 12.8. The molecule has 1 saturated heterocycles. The number of fused-ring (bicyclic) bond motifs is 1. The molecule has 136 valence electrons. The first kappa shape index (κ1) is 16.7. The highest BCUT2D eigenvalue weighted by Crippen LogP contribution is 2.16. The van der Waals surface area contributed by atoms with Crippen LogP contribution in [0.25, 0.3) is 0 Å². The van der Waals surface area contributed by atoms with E-state index in [1.54, 1.807) is 21.8 Å². The molecule has 0 aliphatic carbocycles. The van der Waals surface area contributed by atoms with Crippen molar-refractivity contribution in [3.8, 4) is 6.07 Å². The van der Waals surface area contributed by atoms with Crippen molar-refractivity contribution in [1.82, 2.24) is 35.0 Å². The Bertz CT molecular complexity index is 826. The van der Waals surface area contributed by atoms with Crippen LogP contribution in [0.1, 0.15) is 41.1 Å². The van der Waals surface area contributed by atoms with E-state index in [1.165, 1.54) is 12.8 Å². The van der Waals surface area contributed by atoms with Gasteiger partial charge in [0.2, 0.25) is 0 Å². The Kier molecular flexibility index (Phi) is 4.67. The Hall–Kier alpha value is -2.73. The molecule has 4 heterocycles. The Morgan fingerprint density at radius 2 is 2.31 bits per heavy atom. The van der Waals surface area contributed by atoms with E-state index in [0.29, 0.717) is 36.9 Å². The molecular formula is C17H22N8O. The Morgan fingerprint density at radius 1 is 1.38 bits per heavy atom. The number of piperidine rings is 1. The minimum atomic E-state index is -0.119. The first-order valence-electron chi connectivity index (χ1n) is 9.10. The highest BCUT2D eigenvalue weighted by molar-refractivity contribution is 5.91. The number of hydrogen-bond acceptors (Lipinski definition) is 6. The fraction of sp³-hybridized carbons (Fsp3) is 0.588. The van der Waals surface area contributed by atoms with Crippen molar-refractivity contribution in [2.24, 2.45) is 5.92 Å². The lowest BCUT2D eigenvalue weighted by Gasteiger charge is -2.22. The van der Waals surface area contributed by atoms with Gasteiger partial charge >= 0.3 is 0 Å². The van der Waals surface area contributed by atoms with Gasteiger partial charge in [0.1, 0.15) is 6.07 Å². The molecular weight excluding hydrogens is 332 g/mol. The van der Waals surface area contributed by atoms with Crippen LogP contribution >= 0.6 is 0 Å². The molecule has 1 amide bonds. The largest absolute Gasteiger partial charge is 0.331 e. The van der Waals surface area contributed by atoms with Crippen LogP contribution in [-0.4, -0.2) is 55.2 Å². The van der Waals surface area contributed by atoms with Crippen LogP contribution in [0.5, 0.6) is 0 Å². The van der Waals surface area contributed by atoms with Crippen molar-refractivity contribution in [3.05, 3.63) is 29.3 Å². The highest BCUT2D eigenvalue weighted by Gasteiger charge is 2.24. The number of nitrogens with zero attached hydrogens (tertiary/aromatic N) is 7. The molecule has 26 heavy (non-hydrogen) atoms. The molecule has 4 rings (SSSR count). The topological polar surface area (TPSA) is 105 Å². The SMILES string of the molecule is N#Cc1cc2n(n1)CCCN(C(=O)c1cn(C[C@@H]3CCCNC3)nn1)C2. The number of aromatic nitrogens is 5. The van der Waals surface area contributed by atoms with Crippen molar-refractivity contribution in [3.63, 3.8) is 0 Å². The molecule has 2 aliphatic heterocycles. The quantitative estimate of drug-likeness (QED) is 0.855. The van der Waals surface area contributed by atoms with Gasteiger partial charge < -0.3 is 10.2 Å². The predicted molar refractivity (Wildman–Crippen MR) is 91.9 cm³/mol. The van der Waals surface area contributed by atoms with Crippen molar-refractivity contribution < 1.29 is 4.79 Å². The highest BCUT2D eigenvalue weighted by atomic mass is 16.2. The molecule has 0 bridgehead atoms. The summed E-state index contributed by atoms with van der Waals surface area (Å²) in [6.45, 7) is 4.64. The van der Waals surface area contributed by atoms with Gasteiger partial charge in [0, 0.05) is 19.6 Å². The summed E-state index contributed by atoms with van der Waals surface area (Å²) in [5, 5.41) is 24.9. The number of rotatable bonds is 3. The summed E-state index contributed by atoms with van der Waals surface area (Å²) < 4.78 is 3.60. The average Bonchev–Trinajstić information content (AvgIpc) is 3.23. The monoisotopic (exact) mass is 354 g/mol. The van der Waals surface area contributed by atoms with E-state index in [9.17, 15) is 4.79 Å². The number of amides is 1. The molecule has 1 N–H and O–H groups in total. The predicted octanol–water partition coefficient (Wildman–Crippen LogP) is 0.392. The number of hydrogen-bond donors (Lipinski definition) is 1. The van der Waals surface area contributed by atoms with Gasteiger partial charge in [-0.15, -0.1) is 5.10 Å². The Labute approximate surface area is 151 Å². The van der Waals surface area contributed by atoms with Gasteiger partial charge in [0.05, 0.1) is 18.4 Å². The van der Waals surface area contributed by atoms with Crippen molar-refractivity contribution in [1.29, 1.82) is 5.26 Å². The van der Waals surface area contributed by atoms with Gasteiger partial charge in [-0.2, -0.15) is 10.4 Å². The summed E-state index contributed by atoms with van der Waals surface area (Å²) in [5.74, 6) is 0.413. The lowest BCUT2D eigenvalue weighted by molar-refractivity contribution is 0.0739. The molecule has 1 atom stereocenters. The first-order valence-corrected chi connectivity index (χ1v) is 9.10. The summed E-state index contributed by atoms with van der Waals surface area (Å²) >= 11 is 0. The van der Waals surface area contributed by atoms with Crippen molar-refractivity contribution >= 4 is 5.91 Å². The van der Waals surface area contributed by atoms with Crippen LogP contribution < -0.4 is 5.32 Å². The molecule has 2 aromatic rings. The third-order valence-electron chi connectivity index (χ3n) is 5.02. The van der Waals surface area contributed by atoms with E-state index in [-0.39, 0.29) is 5.91 Å². The molecule has 0 aromatic carbocycles. The van der Waals surface area contributed by atoms with Crippen LogP contribution in [0, 0.1) is 17.2 Å². The maximum Gasteiger partial charge on any atom is 0.276 e. The van der Waals surface area contributed by atoms with E-state index in [2.05, 4.69) is 26.8 Å². The van der Waals surface area contributed by atoms with Crippen LogP contribution in [0.15, 0.2) is 12.3 Å². The number of aryl methyl sites for hydroxylation is 1. The Balaban J connectivity index is 1.44. The molecule has 9 nitrogen and oxygen atoms in total. The maximum absolute atomic E-state index is 12.8. The van der Waals surface area contributed by atoms with Crippen LogP contribution in [-0.2, 0) is 19.6 Å². The zero-order valence-corrected chi connectivity index (χ0v) is 14.6.